The molecule has 2 aromatic carbocycles. The van der Waals surface area contributed by atoms with Gasteiger partial charge in [0, 0.05) is 12.1 Å². The van der Waals surface area contributed by atoms with E-state index in [0.717, 1.165) is 18.8 Å². The summed E-state index contributed by atoms with van der Waals surface area (Å²) < 4.78 is 5.68. The van der Waals surface area contributed by atoms with E-state index in [1.807, 2.05) is 6.07 Å². The van der Waals surface area contributed by atoms with Gasteiger partial charge in [-0.15, -0.1) is 18.8 Å². The molecule has 112 valence electrons. The van der Waals surface area contributed by atoms with Crippen LogP contribution in [0, 0.1) is 18.3 Å². The fourth-order valence-corrected chi connectivity index (χ4v) is 2.24. The number of hydrogen-bond donors (Lipinski definition) is 1. The van der Waals surface area contributed by atoms with Crippen LogP contribution in [0.25, 0.3) is 10.8 Å². The van der Waals surface area contributed by atoms with E-state index in [9.17, 15) is 0 Å². The number of ether oxygens (including phenoxy) is 1. The van der Waals surface area contributed by atoms with Gasteiger partial charge in [-0.2, -0.15) is 0 Å². The smallest absolute Gasteiger partial charge is 0.148 e. The van der Waals surface area contributed by atoms with Crippen molar-refractivity contribution in [1.82, 2.24) is 5.32 Å². The van der Waals surface area contributed by atoms with Crippen molar-refractivity contribution in [3.05, 3.63) is 42.0 Å². The van der Waals surface area contributed by atoms with Gasteiger partial charge in [-0.1, -0.05) is 50.1 Å². The molecule has 0 atom stereocenters. The standard InChI is InChI=1S/C18H21NO.ClH/c1-4-11-20-18-10-9-15-7-5-6-8-16(15)17(18)13-19-12-14(2)3;/h1,5-10,14,19H,11-13H2,2-3H3;1H. The summed E-state index contributed by atoms with van der Waals surface area (Å²) in [5.74, 6) is 4.02. The fraction of sp³-hybridized carbons (Fsp3) is 0.333. The summed E-state index contributed by atoms with van der Waals surface area (Å²) >= 11 is 0. The van der Waals surface area contributed by atoms with Gasteiger partial charge in [0.25, 0.3) is 0 Å². The molecule has 0 aliphatic carbocycles. The molecule has 21 heavy (non-hydrogen) atoms. The minimum absolute atomic E-state index is 0. The summed E-state index contributed by atoms with van der Waals surface area (Å²) in [7, 11) is 0. The maximum Gasteiger partial charge on any atom is 0.148 e. The van der Waals surface area contributed by atoms with E-state index in [4.69, 9.17) is 11.2 Å². The van der Waals surface area contributed by atoms with E-state index >= 15 is 0 Å². The topological polar surface area (TPSA) is 21.3 Å². The Balaban J connectivity index is 0.00000220. The predicted molar refractivity (Wildman–Crippen MR) is 92.1 cm³/mol. The van der Waals surface area contributed by atoms with Crippen molar-refractivity contribution >= 4 is 23.2 Å². The average Bonchev–Trinajstić information content (AvgIpc) is 2.45. The highest BCUT2D eigenvalue weighted by atomic mass is 35.5. The third-order valence-corrected chi connectivity index (χ3v) is 3.16. The van der Waals surface area contributed by atoms with Crippen LogP contribution in [0.4, 0.5) is 0 Å². The summed E-state index contributed by atoms with van der Waals surface area (Å²) in [6.45, 7) is 6.48. The Kier molecular flexibility index (Phi) is 7.08. The summed E-state index contributed by atoms with van der Waals surface area (Å²) in [5.41, 5.74) is 1.18. The number of terminal acetylenes is 1. The highest BCUT2D eigenvalue weighted by Gasteiger charge is 2.08. The van der Waals surface area contributed by atoms with E-state index in [-0.39, 0.29) is 12.4 Å². The maximum absolute atomic E-state index is 5.68. The van der Waals surface area contributed by atoms with Gasteiger partial charge in [-0.3, -0.25) is 0 Å². The van der Waals surface area contributed by atoms with Crippen molar-refractivity contribution in [3.8, 4) is 18.1 Å². The van der Waals surface area contributed by atoms with Crippen LogP contribution in [0.2, 0.25) is 0 Å². The first kappa shape index (κ1) is 17.4. The zero-order valence-corrected chi connectivity index (χ0v) is 13.4. The Hall–Kier alpha value is -1.69. The Morgan fingerprint density at radius 2 is 1.95 bits per heavy atom. The number of fused-ring (bicyclic) bond motifs is 1. The Morgan fingerprint density at radius 1 is 1.19 bits per heavy atom. The van der Waals surface area contributed by atoms with Crippen LogP contribution in [0.15, 0.2) is 36.4 Å². The van der Waals surface area contributed by atoms with Gasteiger partial charge in [0.2, 0.25) is 0 Å². The van der Waals surface area contributed by atoms with Crippen LogP contribution in [0.3, 0.4) is 0 Å². The summed E-state index contributed by atoms with van der Waals surface area (Å²) in [5, 5.41) is 5.92. The number of benzene rings is 2. The molecule has 0 spiro atoms. The zero-order chi connectivity index (χ0) is 14.4. The minimum Gasteiger partial charge on any atom is -0.481 e. The molecule has 0 heterocycles. The molecule has 0 aromatic heterocycles. The largest absolute Gasteiger partial charge is 0.481 e. The lowest BCUT2D eigenvalue weighted by atomic mass is 10.0. The second-order valence-electron chi connectivity index (χ2n) is 5.28. The van der Waals surface area contributed by atoms with Gasteiger partial charge in [-0.25, -0.2) is 0 Å². The maximum atomic E-state index is 5.68. The van der Waals surface area contributed by atoms with Crippen LogP contribution in [-0.4, -0.2) is 13.2 Å². The molecule has 0 amide bonds. The third kappa shape index (κ3) is 4.67. The SMILES string of the molecule is C#CCOc1ccc2ccccc2c1CNCC(C)C.Cl. The van der Waals surface area contributed by atoms with E-state index in [0.29, 0.717) is 12.5 Å². The molecule has 2 rings (SSSR count). The third-order valence-electron chi connectivity index (χ3n) is 3.16. The van der Waals surface area contributed by atoms with Gasteiger partial charge in [0.05, 0.1) is 0 Å². The first-order chi connectivity index (χ1) is 9.72. The molecule has 0 aliphatic rings. The van der Waals surface area contributed by atoms with Crippen LogP contribution in [0.1, 0.15) is 19.4 Å². The first-order valence-corrected chi connectivity index (χ1v) is 7.00. The lowest BCUT2D eigenvalue weighted by molar-refractivity contribution is 0.365. The number of halogens is 1. The summed E-state index contributed by atoms with van der Waals surface area (Å²) in [6.07, 6.45) is 5.29. The molecule has 0 fully saturated rings. The Labute approximate surface area is 133 Å². The molecular weight excluding hydrogens is 282 g/mol. The normalized spacial score (nSPS) is 10.2. The van der Waals surface area contributed by atoms with E-state index in [1.54, 1.807) is 0 Å². The molecule has 2 aromatic rings. The van der Waals surface area contributed by atoms with Crippen molar-refractivity contribution in [1.29, 1.82) is 0 Å². The van der Waals surface area contributed by atoms with Crippen LogP contribution in [0.5, 0.6) is 5.75 Å². The Morgan fingerprint density at radius 3 is 2.67 bits per heavy atom. The first-order valence-electron chi connectivity index (χ1n) is 7.00. The van der Waals surface area contributed by atoms with Crippen molar-refractivity contribution in [2.45, 2.75) is 20.4 Å². The molecular formula is C18H22ClNO. The van der Waals surface area contributed by atoms with Gasteiger partial charge >= 0.3 is 0 Å². The van der Waals surface area contributed by atoms with E-state index in [1.165, 1.54) is 16.3 Å². The van der Waals surface area contributed by atoms with Crippen molar-refractivity contribution < 1.29 is 4.74 Å². The second-order valence-corrected chi connectivity index (χ2v) is 5.28. The molecule has 3 heteroatoms. The quantitative estimate of drug-likeness (QED) is 0.814. The molecule has 0 saturated heterocycles. The van der Waals surface area contributed by atoms with Gasteiger partial charge in [-0.05, 0) is 29.3 Å². The highest BCUT2D eigenvalue weighted by molar-refractivity contribution is 5.87. The highest BCUT2D eigenvalue weighted by Crippen LogP contribution is 2.28. The number of nitrogens with one attached hydrogen (secondary N) is 1. The second kappa shape index (κ2) is 8.56. The summed E-state index contributed by atoms with van der Waals surface area (Å²) in [6, 6.07) is 12.4. The van der Waals surface area contributed by atoms with E-state index in [2.05, 4.69) is 55.4 Å². The summed E-state index contributed by atoms with van der Waals surface area (Å²) in [4.78, 5) is 0. The molecule has 0 radical (unpaired) electrons. The molecule has 2 nitrogen and oxygen atoms in total. The lowest BCUT2D eigenvalue weighted by Crippen LogP contribution is -2.19. The number of hydrogen-bond acceptors (Lipinski definition) is 2. The van der Waals surface area contributed by atoms with Crippen LogP contribution in [-0.2, 0) is 6.54 Å². The molecule has 0 aliphatic heterocycles. The molecule has 1 N–H and O–H groups in total. The average molecular weight is 304 g/mol. The van der Waals surface area contributed by atoms with Gasteiger partial charge < -0.3 is 10.1 Å². The van der Waals surface area contributed by atoms with Crippen molar-refractivity contribution in [3.63, 3.8) is 0 Å². The predicted octanol–water partition coefficient (Wildman–Crippen LogP) is 4.02. The van der Waals surface area contributed by atoms with Gasteiger partial charge in [0.1, 0.15) is 12.4 Å². The Bertz CT molecular complexity index is 616. The van der Waals surface area contributed by atoms with Crippen molar-refractivity contribution in [2.24, 2.45) is 5.92 Å². The molecule has 0 unspecified atom stereocenters. The van der Waals surface area contributed by atoms with Crippen molar-refractivity contribution in [2.75, 3.05) is 13.2 Å². The lowest BCUT2D eigenvalue weighted by Gasteiger charge is -2.14. The molecule has 0 bridgehead atoms. The minimum atomic E-state index is 0. The van der Waals surface area contributed by atoms with Crippen LogP contribution < -0.4 is 10.1 Å². The van der Waals surface area contributed by atoms with Gasteiger partial charge in [0.15, 0.2) is 0 Å². The van der Waals surface area contributed by atoms with E-state index < -0.39 is 0 Å². The van der Waals surface area contributed by atoms with Crippen LogP contribution >= 0.6 is 12.4 Å². The fourth-order valence-electron chi connectivity index (χ4n) is 2.24. The monoisotopic (exact) mass is 303 g/mol. The molecule has 0 saturated carbocycles. The zero-order valence-electron chi connectivity index (χ0n) is 12.6. The number of rotatable bonds is 6.